The molecule has 232 valence electrons. The predicted octanol–water partition coefficient (Wildman–Crippen LogP) is 8.27. The van der Waals surface area contributed by atoms with Crippen molar-refractivity contribution in [3.63, 3.8) is 0 Å². The van der Waals surface area contributed by atoms with Gasteiger partial charge in [0.05, 0.1) is 10.6 Å². The molecule has 2 N–H and O–H groups in total. The van der Waals surface area contributed by atoms with Gasteiger partial charge in [-0.25, -0.2) is 4.98 Å². The molecule has 0 saturated carbocycles. The average molecular weight is 639 g/mol. The second kappa shape index (κ2) is 13.1. The molecule has 2 heterocycles. The summed E-state index contributed by atoms with van der Waals surface area (Å²) in [6.45, 7) is 0.963. The Hall–Kier alpha value is -5.09. The number of halogens is 3. The fraction of sp³-hybridized carbons (Fsp3) is 0.167. The number of benzene rings is 4. The highest BCUT2D eigenvalue weighted by Gasteiger charge is 2.31. The summed E-state index contributed by atoms with van der Waals surface area (Å²) >= 11 is 1.39. The number of aromatic nitrogens is 1. The van der Waals surface area contributed by atoms with Crippen molar-refractivity contribution in [2.24, 2.45) is 0 Å². The zero-order valence-corrected chi connectivity index (χ0v) is 25.4. The van der Waals surface area contributed by atoms with Gasteiger partial charge < -0.3 is 10.2 Å². The maximum atomic E-state index is 13.5. The first-order valence-electron chi connectivity index (χ1n) is 14.7. The highest BCUT2D eigenvalue weighted by Crippen LogP contribution is 2.34. The molecule has 10 heteroatoms. The van der Waals surface area contributed by atoms with Crippen molar-refractivity contribution in [3.05, 3.63) is 136 Å². The minimum absolute atomic E-state index is 0.0115. The number of carbonyl (C=O) groups is 2. The van der Waals surface area contributed by atoms with E-state index < -0.39 is 17.6 Å². The second-order valence-corrected chi connectivity index (χ2v) is 11.9. The van der Waals surface area contributed by atoms with E-state index in [2.05, 4.69) is 10.3 Å². The number of rotatable bonds is 6. The molecular formula is C36H29F3N4O2S. The van der Waals surface area contributed by atoms with Gasteiger partial charge in [-0.05, 0) is 53.3 Å². The molecule has 4 aromatic carbocycles. The van der Waals surface area contributed by atoms with Crippen LogP contribution in [0.4, 0.5) is 13.2 Å². The SMILES string of the molecule is N=C(NC(=O)c1csc(C2CCN(C(=O)c3ccccc3-c3ccc(C(F)(F)F)cc3)CC2)n1)c1ccc(-c2ccccc2)cc1. The number of hydrogen-bond acceptors (Lipinski definition) is 5. The van der Waals surface area contributed by atoms with E-state index in [4.69, 9.17) is 5.41 Å². The highest BCUT2D eigenvalue weighted by molar-refractivity contribution is 7.09. The summed E-state index contributed by atoms with van der Waals surface area (Å²) in [5, 5.41) is 13.5. The van der Waals surface area contributed by atoms with Crippen LogP contribution in [0.3, 0.4) is 0 Å². The lowest BCUT2D eigenvalue weighted by Crippen LogP contribution is -2.38. The largest absolute Gasteiger partial charge is 0.416 e. The number of nitrogens with zero attached hydrogens (tertiary/aromatic N) is 2. The zero-order valence-electron chi connectivity index (χ0n) is 24.6. The normalized spacial score (nSPS) is 13.8. The minimum atomic E-state index is -4.43. The molecule has 6 rings (SSSR count). The molecule has 1 aliphatic heterocycles. The third kappa shape index (κ3) is 6.77. The maximum Gasteiger partial charge on any atom is 0.416 e. The lowest BCUT2D eigenvalue weighted by atomic mass is 9.94. The third-order valence-corrected chi connectivity index (χ3v) is 9.09. The summed E-state index contributed by atoms with van der Waals surface area (Å²) in [5.74, 6) is -0.566. The second-order valence-electron chi connectivity index (χ2n) is 11.0. The number of carbonyl (C=O) groups excluding carboxylic acids is 2. The smallest absolute Gasteiger partial charge is 0.339 e. The van der Waals surface area contributed by atoms with Crippen LogP contribution in [0.5, 0.6) is 0 Å². The van der Waals surface area contributed by atoms with Crippen molar-refractivity contribution in [1.82, 2.24) is 15.2 Å². The van der Waals surface area contributed by atoms with Gasteiger partial charge in [-0.3, -0.25) is 15.0 Å². The van der Waals surface area contributed by atoms with Crippen LogP contribution in [0.2, 0.25) is 0 Å². The molecule has 0 radical (unpaired) electrons. The van der Waals surface area contributed by atoms with Gasteiger partial charge in [0, 0.05) is 35.5 Å². The van der Waals surface area contributed by atoms with Crippen LogP contribution in [-0.2, 0) is 6.18 Å². The van der Waals surface area contributed by atoms with Crippen LogP contribution in [0.1, 0.15) is 55.7 Å². The lowest BCUT2D eigenvalue weighted by Gasteiger charge is -2.31. The van der Waals surface area contributed by atoms with Gasteiger partial charge >= 0.3 is 6.18 Å². The molecular weight excluding hydrogens is 609 g/mol. The molecule has 0 spiro atoms. The summed E-state index contributed by atoms with van der Waals surface area (Å²) in [4.78, 5) is 32.8. The maximum absolute atomic E-state index is 13.5. The first-order chi connectivity index (χ1) is 22.2. The first-order valence-corrected chi connectivity index (χ1v) is 15.6. The van der Waals surface area contributed by atoms with Gasteiger partial charge in [-0.15, -0.1) is 11.3 Å². The van der Waals surface area contributed by atoms with Crippen LogP contribution < -0.4 is 5.32 Å². The Morgan fingerprint density at radius 3 is 2.09 bits per heavy atom. The Labute approximate surface area is 268 Å². The topological polar surface area (TPSA) is 86.2 Å². The number of alkyl halides is 3. The Bertz CT molecular complexity index is 1860. The molecule has 1 fully saturated rings. The van der Waals surface area contributed by atoms with E-state index in [1.807, 2.05) is 42.5 Å². The van der Waals surface area contributed by atoms with Gasteiger partial charge in [0.25, 0.3) is 11.8 Å². The van der Waals surface area contributed by atoms with Crippen LogP contribution in [0.15, 0.2) is 109 Å². The van der Waals surface area contributed by atoms with Gasteiger partial charge in [0.2, 0.25) is 0 Å². The van der Waals surface area contributed by atoms with Gasteiger partial charge in [-0.1, -0.05) is 84.9 Å². The van der Waals surface area contributed by atoms with Crippen LogP contribution in [0, 0.1) is 5.41 Å². The Morgan fingerprint density at radius 2 is 1.41 bits per heavy atom. The van der Waals surface area contributed by atoms with E-state index >= 15 is 0 Å². The van der Waals surface area contributed by atoms with Crippen molar-refractivity contribution in [1.29, 1.82) is 5.41 Å². The van der Waals surface area contributed by atoms with E-state index in [0.717, 1.165) is 28.3 Å². The average Bonchev–Trinajstić information content (AvgIpc) is 3.59. The number of amidine groups is 1. The molecule has 1 aromatic heterocycles. The fourth-order valence-corrected chi connectivity index (χ4v) is 6.52. The van der Waals surface area contributed by atoms with Gasteiger partial charge in [0.15, 0.2) is 0 Å². The highest BCUT2D eigenvalue weighted by atomic mass is 32.1. The summed E-state index contributed by atoms with van der Waals surface area (Å²) in [5.41, 5.74) is 3.73. The van der Waals surface area contributed by atoms with Crippen molar-refractivity contribution >= 4 is 29.0 Å². The van der Waals surface area contributed by atoms with E-state index in [0.29, 0.717) is 48.2 Å². The quantitative estimate of drug-likeness (QED) is 0.145. The fourth-order valence-electron chi connectivity index (χ4n) is 5.55. The van der Waals surface area contributed by atoms with Crippen molar-refractivity contribution in [2.75, 3.05) is 13.1 Å². The molecule has 1 saturated heterocycles. The monoisotopic (exact) mass is 638 g/mol. The van der Waals surface area contributed by atoms with E-state index in [1.54, 1.807) is 46.7 Å². The van der Waals surface area contributed by atoms with Crippen LogP contribution in [-0.4, -0.2) is 40.6 Å². The summed E-state index contributed by atoms with van der Waals surface area (Å²) in [7, 11) is 0. The Morgan fingerprint density at radius 1 is 0.804 bits per heavy atom. The summed E-state index contributed by atoms with van der Waals surface area (Å²) in [6, 6.07) is 29.1. The molecule has 6 nitrogen and oxygen atoms in total. The van der Waals surface area contributed by atoms with E-state index in [-0.39, 0.29) is 23.4 Å². The van der Waals surface area contributed by atoms with Crippen LogP contribution >= 0.6 is 11.3 Å². The molecule has 5 aromatic rings. The van der Waals surface area contributed by atoms with Crippen molar-refractivity contribution in [2.45, 2.75) is 24.9 Å². The molecule has 46 heavy (non-hydrogen) atoms. The number of nitrogens with one attached hydrogen (secondary N) is 2. The minimum Gasteiger partial charge on any atom is -0.339 e. The molecule has 0 atom stereocenters. The zero-order chi connectivity index (χ0) is 32.3. The number of thiazole rings is 1. The van der Waals surface area contributed by atoms with Crippen molar-refractivity contribution < 1.29 is 22.8 Å². The molecule has 0 aliphatic carbocycles. The Kier molecular flexibility index (Phi) is 8.81. The summed E-state index contributed by atoms with van der Waals surface area (Å²) in [6.07, 6.45) is -3.11. The molecule has 0 unspecified atom stereocenters. The molecule has 1 aliphatic rings. The third-order valence-electron chi connectivity index (χ3n) is 8.09. The van der Waals surface area contributed by atoms with E-state index in [1.165, 1.54) is 23.5 Å². The predicted molar refractivity (Wildman–Crippen MR) is 173 cm³/mol. The number of hydrogen-bond donors (Lipinski definition) is 2. The first kappa shape index (κ1) is 30.9. The Balaban J connectivity index is 1.06. The van der Waals surface area contributed by atoms with Gasteiger partial charge in [0.1, 0.15) is 11.5 Å². The standard InChI is InChI=1S/C36H29F3N4O2S/c37-36(38,39)28-16-14-25(15-17-28)29-8-4-5-9-30(29)35(45)43-20-18-27(19-21-43)34-41-31(22-46-34)33(44)42-32(40)26-12-10-24(11-13-26)23-6-2-1-3-7-23/h1-17,22,27H,18-21H2,(H2,40,42,44). The van der Waals surface area contributed by atoms with E-state index in [9.17, 15) is 22.8 Å². The number of likely N-dealkylation sites (tertiary alicyclic amines) is 1. The summed E-state index contributed by atoms with van der Waals surface area (Å²) < 4.78 is 39.1. The number of piperidine rings is 1. The molecule has 0 bridgehead atoms. The van der Waals surface area contributed by atoms with Crippen LogP contribution in [0.25, 0.3) is 22.3 Å². The number of amides is 2. The van der Waals surface area contributed by atoms with Crippen molar-refractivity contribution in [3.8, 4) is 22.3 Å². The molecule has 2 amide bonds. The van der Waals surface area contributed by atoms with Gasteiger partial charge in [-0.2, -0.15) is 13.2 Å². The lowest BCUT2D eigenvalue weighted by molar-refractivity contribution is -0.137.